The molecule has 1 aliphatic rings. The first-order valence-corrected chi connectivity index (χ1v) is 6.22. The van der Waals surface area contributed by atoms with Crippen LogP contribution in [0.25, 0.3) is 0 Å². The highest BCUT2D eigenvalue weighted by Crippen LogP contribution is 2.23. The molecule has 1 unspecified atom stereocenters. The lowest BCUT2D eigenvalue weighted by molar-refractivity contribution is -0.158. The first kappa shape index (κ1) is 16.6. The smallest absolute Gasteiger partial charge is 0.410 e. The number of hydrogen-bond donors (Lipinski definition) is 0. The van der Waals surface area contributed by atoms with E-state index < -0.39 is 36.4 Å². The van der Waals surface area contributed by atoms with Gasteiger partial charge in [0.05, 0.1) is 0 Å². The molecule has 1 aliphatic heterocycles. The van der Waals surface area contributed by atoms with Crippen molar-refractivity contribution >= 4 is 12.0 Å². The van der Waals surface area contributed by atoms with E-state index in [2.05, 4.69) is 0 Å². The van der Waals surface area contributed by atoms with Gasteiger partial charge in [-0.15, -0.1) is 0 Å². The number of halogens is 3. The molecule has 0 aromatic carbocycles. The second-order valence-electron chi connectivity index (χ2n) is 5.77. The summed E-state index contributed by atoms with van der Waals surface area (Å²) >= 11 is 0. The van der Waals surface area contributed by atoms with E-state index in [9.17, 15) is 22.8 Å². The summed E-state index contributed by atoms with van der Waals surface area (Å²) in [6, 6.07) is -0.896. The number of ether oxygens (including phenoxy) is 1. The Labute approximate surface area is 115 Å². The van der Waals surface area contributed by atoms with Crippen molar-refractivity contribution in [3.8, 4) is 0 Å². The maximum Gasteiger partial charge on any atom is 0.410 e. The Hall–Kier alpha value is -1.47. The SMILES string of the molecule is CN(C(=O)OC(C)(C)C)C1CCN(CC(F)(F)F)C1=O. The van der Waals surface area contributed by atoms with E-state index in [4.69, 9.17) is 4.74 Å². The molecule has 2 amide bonds. The zero-order chi connectivity index (χ0) is 15.7. The summed E-state index contributed by atoms with van der Waals surface area (Å²) in [6.07, 6.45) is -4.98. The second-order valence-corrected chi connectivity index (χ2v) is 5.77. The van der Waals surface area contributed by atoms with Crippen LogP contribution >= 0.6 is 0 Å². The molecule has 0 saturated carbocycles. The van der Waals surface area contributed by atoms with Crippen molar-refractivity contribution in [3.05, 3.63) is 0 Å². The van der Waals surface area contributed by atoms with Crippen LogP contribution in [-0.4, -0.2) is 59.8 Å². The van der Waals surface area contributed by atoms with E-state index >= 15 is 0 Å². The molecule has 20 heavy (non-hydrogen) atoms. The molecular weight excluding hydrogens is 277 g/mol. The minimum Gasteiger partial charge on any atom is -0.444 e. The van der Waals surface area contributed by atoms with Crippen LogP contribution in [0.1, 0.15) is 27.2 Å². The molecule has 8 heteroatoms. The molecule has 0 aromatic heterocycles. The molecule has 0 aliphatic carbocycles. The van der Waals surface area contributed by atoms with Gasteiger partial charge in [0.2, 0.25) is 5.91 Å². The van der Waals surface area contributed by atoms with E-state index in [1.165, 1.54) is 7.05 Å². The summed E-state index contributed by atoms with van der Waals surface area (Å²) in [4.78, 5) is 25.4. The highest BCUT2D eigenvalue weighted by atomic mass is 19.4. The third kappa shape index (κ3) is 4.57. The lowest BCUT2D eigenvalue weighted by Gasteiger charge is -2.28. The fourth-order valence-corrected chi connectivity index (χ4v) is 1.92. The first-order valence-electron chi connectivity index (χ1n) is 6.22. The highest BCUT2D eigenvalue weighted by Gasteiger charge is 2.42. The fourth-order valence-electron chi connectivity index (χ4n) is 1.92. The normalized spacial score (nSPS) is 20.2. The predicted molar refractivity (Wildman–Crippen MR) is 65.0 cm³/mol. The minimum absolute atomic E-state index is 0.0177. The van der Waals surface area contributed by atoms with Crippen molar-refractivity contribution in [2.75, 3.05) is 20.1 Å². The van der Waals surface area contributed by atoms with E-state index in [0.29, 0.717) is 4.90 Å². The van der Waals surface area contributed by atoms with Crippen LogP contribution in [0.5, 0.6) is 0 Å². The molecule has 0 N–H and O–H groups in total. The maximum atomic E-state index is 12.3. The molecule has 0 radical (unpaired) electrons. The third-order valence-electron chi connectivity index (χ3n) is 2.79. The molecule has 1 atom stereocenters. The van der Waals surface area contributed by atoms with Gasteiger partial charge in [0, 0.05) is 13.6 Å². The van der Waals surface area contributed by atoms with Crippen molar-refractivity contribution in [3.63, 3.8) is 0 Å². The van der Waals surface area contributed by atoms with Crippen LogP contribution in [0.4, 0.5) is 18.0 Å². The van der Waals surface area contributed by atoms with E-state index in [0.717, 1.165) is 4.90 Å². The molecular formula is C12H19F3N2O3. The Morgan fingerprint density at radius 3 is 2.40 bits per heavy atom. The average Bonchev–Trinajstić information content (AvgIpc) is 2.54. The monoisotopic (exact) mass is 296 g/mol. The van der Waals surface area contributed by atoms with Gasteiger partial charge in [-0.3, -0.25) is 9.69 Å². The molecule has 1 heterocycles. The van der Waals surface area contributed by atoms with Gasteiger partial charge in [-0.2, -0.15) is 13.2 Å². The van der Waals surface area contributed by atoms with Crippen LogP contribution in [0.15, 0.2) is 0 Å². The van der Waals surface area contributed by atoms with Crippen molar-refractivity contribution in [2.24, 2.45) is 0 Å². The number of amides is 2. The first-order chi connectivity index (χ1) is 8.91. The lowest BCUT2D eigenvalue weighted by Crippen LogP contribution is -2.46. The van der Waals surface area contributed by atoms with Crippen LogP contribution < -0.4 is 0 Å². The molecule has 5 nitrogen and oxygen atoms in total. The van der Waals surface area contributed by atoms with Crippen LogP contribution in [0, 0.1) is 0 Å². The van der Waals surface area contributed by atoms with Crippen molar-refractivity contribution < 1.29 is 27.5 Å². The van der Waals surface area contributed by atoms with E-state index in [1.54, 1.807) is 20.8 Å². The quantitative estimate of drug-likeness (QED) is 0.783. The summed E-state index contributed by atoms with van der Waals surface area (Å²) < 4.78 is 42.0. The number of rotatable bonds is 2. The summed E-state index contributed by atoms with van der Waals surface area (Å²) in [5.74, 6) is -0.698. The number of nitrogens with zero attached hydrogens (tertiary/aromatic N) is 2. The maximum absolute atomic E-state index is 12.3. The molecule has 0 aromatic rings. The van der Waals surface area contributed by atoms with Gasteiger partial charge in [-0.05, 0) is 27.2 Å². The second kappa shape index (κ2) is 5.49. The van der Waals surface area contributed by atoms with Gasteiger partial charge in [-0.1, -0.05) is 0 Å². The third-order valence-corrected chi connectivity index (χ3v) is 2.79. The molecule has 0 spiro atoms. The molecule has 1 fully saturated rings. The average molecular weight is 296 g/mol. The Morgan fingerprint density at radius 2 is 1.95 bits per heavy atom. The predicted octanol–water partition coefficient (Wildman–Crippen LogP) is 2.02. The molecule has 116 valence electrons. The minimum atomic E-state index is -4.44. The summed E-state index contributed by atoms with van der Waals surface area (Å²) in [7, 11) is 1.35. The summed E-state index contributed by atoms with van der Waals surface area (Å²) in [6.45, 7) is 3.71. The number of likely N-dealkylation sites (tertiary alicyclic amines) is 1. The molecule has 1 rings (SSSR count). The fraction of sp³-hybridized carbons (Fsp3) is 0.833. The van der Waals surface area contributed by atoms with Crippen molar-refractivity contribution in [1.29, 1.82) is 0 Å². The highest BCUT2D eigenvalue weighted by molar-refractivity contribution is 5.87. The largest absolute Gasteiger partial charge is 0.444 e. The van der Waals surface area contributed by atoms with Gasteiger partial charge in [0.15, 0.2) is 0 Å². The number of hydrogen-bond acceptors (Lipinski definition) is 3. The van der Waals surface area contributed by atoms with Crippen LogP contribution in [0.2, 0.25) is 0 Å². The Balaban J connectivity index is 2.65. The molecule has 0 bridgehead atoms. The van der Waals surface area contributed by atoms with Gasteiger partial charge >= 0.3 is 12.3 Å². The Kier molecular flexibility index (Phi) is 4.55. The van der Waals surface area contributed by atoms with Gasteiger partial charge in [0.1, 0.15) is 18.2 Å². The standard InChI is InChI=1S/C12H19F3N2O3/c1-11(2,3)20-10(19)16(4)8-5-6-17(9(8)18)7-12(13,14)15/h8H,5-7H2,1-4H3. The Bertz CT molecular complexity index is 390. The van der Waals surface area contributed by atoms with Crippen molar-refractivity contribution in [1.82, 2.24) is 9.80 Å². The summed E-state index contributed by atoms with van der Waals surface area (Å²) in [5, 5.41) is 0. The van der Waals surface area contributed by atoms with Crippen LogP contribution in [-0.2, 0) is 9.53 Å². The Morgan fingerprint density at radius 1 is 1.40 bits per heavy atom. The van der Waals surface area contributed by atoms with E-state index in [-0.39, 0.29) is 13.0 Å². The number of carbonyl (C=O) groups excluding carboxylic acids is 2. The topological polar surface area (TPSA) is 49.9 Å². The summed E-state index contributed by atoms with van der Waals surface area (Å²) in [5.41, 5.74) is -0.724. The van der Waals surface area contributed by atoms with Gasteiger partial charge in [-0.25, -0.2) is 4.79 Å². The van der Waals surface area contributed by atoms with Crippen molar-refractivity contribution in [2.45, 2.75) is 45.0 Å². The van der Waals surface area contributed by atoms with E-state index in [1.807, 2.05) is 0 Å². The van der Waals surface area contributed by atoms with Gasteiger partial charge < -0.3 is 9.64 Å². The molecule has 1 saturated heterocycles. The number of carbonyl (C=O) groups is 2. The number of likely N-dealkylation sites (N-methyl/N-ethyl adjacent to an activating group) is 1. The lowest BCUT2D eigenvalue weighted by atomic mass is 10.2. The zero-order valence-corrected chi connectivity index (χ0v) is 12.0. The van der Waals surface area contributed by atoms with Crippen LogP contribution in [0.3, 0.4) is 0 Å². The van der Waals surface area contributed by atoms with Gasteiger partial charge in [0.25, 0.3) is 0 Å². The number of alkyl halides is 3. The zero-order valence-electron chi connectivity index (χ0n) is 12.0.